The third-order valence-electron chi connectivity index (χ3n) is 1.97. The van der Waals surface area contributed by atoms with Crippen molar-refractivity contribution < 1.29 is 13.5 Å². The van der Waals surface area contributed by atoms with Crippen LogP contribution in [0.4, 0.5) is 8.78 Å². The normalized spacial score (nSPS) is 20.4. The van der Waals surface area contributed by atoms with E-state index in [1.165, 1.54) is 0 Å². The van der Waals surface area contributed by atoms with Crippen molar-refractivity contribution in [1.82, 2.24) is 0 Å². The maximum absolute atomic E-state index is 13.1. The average molecular weight is 205 g/mol. The molecule has 2 rings (SSSR count). The Morgan fingerprint density at radius 2 is 2.00 bits per heavy atom. The molecule has 4 heteroatoms. The Hall–Kier alpha value is -0.670. The van der Waals surface area contributed by atoms with Gasteiger partial charge in [0, 0.05) is 12.0 Å². The molecular weight excluding hydrogens is 198 g/mol. The summed E-state index contributed by atoms with van der Waals surface area (Å²) in [6.07, 6.45) is 0.358. The van der Waals surface area contributed by atoms with Gasteiger partial charge in [-0.15, -0.1) is 0 Å². The molecule has 0 amide bonds. The Morgan fingerprint density at radius 3 is 2.62 bits per heavy atom. The number of benzene rings is 1. The lowest BCUT2D eigenvalue weighted by Gasteiger charge is -2.04. The van der Waals surface area contributed by atoms with Crippen LogP contribution in [0.3, 0.4) is 0 Å². The van der Waals surface area contributed by atoms with Gasteiger partial charge in [-0.2, -0.15) is 0 Å². The summed E-state index contributed by atoms with van der Waals surface area (Å²) in [7, 11) is 0. The van der Waals surface area contributed by atoms with Crippen molar-refractivity contribution >= 4 is 11.6 Å². The van der Waals surface area contributed by atoms with Gasteiger partial charge in [-0.05, 0) is 12.1 Å². The summed E-state index contributed by atoms with van der Waals surface area (Å²) in [6.45, 7) is 0.603. The van der Waals surface area contributed by atoms with E-state index in [1.54, 1.807) is 0 Å². The van der Waals surface area contributed by atoms with E-state index in [1.807, 2.05) is 0 Å². The van der Waals surface area contributed by atoms with Crippen molar-refractivity contribution in [1.29, 1.82) is 0 Å². The van der Waals surface area contributed by atoms with Crippen molar-refractivity contribution in [3.8, 4) is 0 Å². The van der Waals surface area contributed by atoms with Gasteiger partial charge in [0.15, 0.2) is 0 Å². The Bertz CT molecular complexity index is 337. The standard InChI is InChI=1S/C9H7ClF2O/c10-9-6(3-5-4-13-5)7(11)1-2-8(9)12/h1-2,5H,3-4H2. The highest BCUT2D eigenvalue weighted by Gasteiger charge is 2.26. The molecule has 0 N–H and O–H groups in total. The van der Waals surface area contributed by atoms with E-state index < -0.39 is 11.6 Å². The zero-order chi connectivity index (χ0) is 9.42. The van der Waals surface area contributed by atoms with Gasteiger partial charge in [-0.1, -0.05) is 11.6 Å². The Labute approximate surface area is 79.3 Å². The molecule has 70 valence electrons. The van der Waals surface area contributed by atoms with Crippen LogP contribution in [0.5, 0.6) is 0 Å². The quantitative estimate of drug-likeness (QED) is 0.533. The van der Waals surface area contributed by atoms with Crippen LogP contribution in [-0.4, -0.2) is 12.7 Å². The van der Waals surface area contributed by atoms with Crippen molar-refractivity contribution in [3.63, 3.8) is 0 Å². The molecule has 1 atom stereocenters. The summed E-state index contributed by atoms with van der Waals surface area (Å²) in [5.41, 5.74) is 0.212. The summed E-state index contributed by atoms with van der Waals surface area (Å²) in [4.78, 5) is 0. The molecule has 1 aromatic carbocycles. The molecule has 1 fully saturated rings. The third kappa shape index (κ3) is 1.81. The van der Waals surface area contributed by atoms with Crippen LogP contribution in [0.2, 0.25) is 5.02 Å². The SMILES string of the molecule is Fc1ccc(F)c(CC2CO2)c1Cl. The van der Waals surface area contributed by atoms with Gasteiger partial charge >= 0.3 is 0 Å². The number of ether oxygens (including phenoxy) is 1. The first-order chi connectivity index (χ1) is 6.18. The van der Waals surface area contributed by atoms with E-state index in [9.17, 15) is 8.78 Å². The van der Waals surface area contributed by atoms with Gasteiger partial charge in [0.05, 0.1) is 17.7 Å². The highest BCUT2D eigenvalue weighted by atomic mass is 35.5. The second-order valence-electron chi connectivity index (χ2n) is 2.98. The fourth-order valence-corrected chi connectivity index (χ4v) is 1.40. The molecule has 13 heavy (non-hydrogen) atoms. The molecule has 1 aliphatic rings. The van der Waals surface area contributed by atoms with Gasteiger partial charge < -0.3 is 4.74 Å². The molecule has 1 heterocycles. The Morgan fingerprint density at radius 1 is 1.38 bits per heavy atom. The lowest BCUT2D eigenvalue weighted by Crippen LogP contribution is -1.99. The second-order valence-corrected chi connectivity index (χ2v) is 3.36. The van der Waals surface area contributed by atoms with E-state index >= 15 is 0 Å². The Balaban J connectivity index is 2.34. The smallest absolute Gasteiger partial charge is 0.142 e. The predicted octanol–water partition coefficient (Wildman–Crippen LogP) is 2.56. The molecule has 0 spiro atoms. The van der Waals surface area contributed by atoms with Crippen molar-refractivity contribution in [2.24, 2.45) is 0 Å². The number of hydrogen-bond acceptors (Lipinski definition) is 1. The monoisotopic (exact) mass is 204 g/mol. The van der Waals surface area contributed by atoms with Crippen LogP contribution in [0.25, 0.3) is 0 Å². The van der Waals surface area contributed by atoms with E-state index in [4.69, 9.17) is 16.3 Å². The predicted molar refractivity (Wildman–Crippen MR) is 44.8 cm³/mol. The first-order valence-corrected chi connectivity index (χ1v) is 4.30. The fraction of sp³-hybridized carbons (Fsp3) is 0.333. The zero-order valence-corrected chi connectivity index (χ0v) is 7.44. The van der Waals surface area contributed by atoms with Crippen LogP contribution in [0, 0.1) is 11.6 Å². The topological polar surface area (TPSA) is 12.5 Å². The molecule has 0 bridgehead atoms. The lowest BCUT2D eigenvalue weighted by molar-refractivity contribution is 0.404. The van der Waals surface area contributed by atoms with Crippen molar-refractivity contribution in [3.05, 3.63) is 34.4 Å². The van der Waals surface area contributed by atoms with E-state index in [0.717, 1.165) is 12.1 Å². The zero-order valence-electron chi connectivity index (χ0n) is 6.69. The highest BCUT2D eigenvalue weighted by molar-refractivity contribution is 6.31. The van der Waals surface area contributed by atoms with Crippen LogP contribution < -0.4 is 0 Å². The molecule has 0 radical (unpaired) electrons. The first-order valence-electron chi connectivity index (χ1n) is 3.92. The minimum absolute atomic E-state index is 0.00815. The summed E-state index contributed by atoms with van der Waals surface area (Å²) < 4.78 is 30.9. The second kappa shape index (κ2) is 3.24. The average Bonchev–Trinajstić information content (AvgIpc) is 2.89. The van der Waals surface area contributed by atoms with Gasteiger partial charge in [0.1, 0.15) is 11.6 Å². The number of halogens is 3. The lowest BCUT2D eigenvalue weighted by atomic mass is 10.1. The number of rotatable bonds is 2. The summed E-state index contributed by atoms with van der Waals surface area (Å²) in [5.74, 6) is -1.05. The van der Waals surface area contributed by atoms with Gasteiger partial charge in [0.2, 0.25) is 0 Å². The molecule has 1 aliphatic heterocycles. The number of epoxide rings is 1. The summed E-state index contributed by atoms with van der Waals surface area (Å²) in [5, 5.41) is -0.129. The molecule has 1 aromatic rings. The maximum atomic E-state index is 13.1. The number of hydrogen-bond donors (Lipinski definition) is 0. The molecule has 1 saturated heterocycles. The van der Waals surface area contributed by atoms with Crippen LogP contribution in [0.1, 0.15) is 5.56 Å². The van der Waals surface area contributed by atoms with Crippen molar-refractivity contribution in [2.45, 2.75) is 12.5 Å². The van der Waals surface area contributed by atoms with E-state index in [2.05, 4.69) is 0 Å². The highest BCUT2D eigenvalue weighted by Crippen LogP contribution is 2.27. The summed E-state index contributed by atoms with van der Waals surface area (Å²) in [6, 6.07) is 2.11. The molecule has 0 aliphatic carbocycles. The van der Waals surface area contributed by atoms with E-state index in [-0.39, 0.29) is 16.7 Å². The van der Waals surface area contributed by atoms with Crippen LogP contribution in [-0.2, 0) is 11.2 Å². The van der Waals surface area contributed by atoms with Gasteiger partial charge in [0.25, 0.3) is 0 Å². The molecular formula is C9H7ClF2O. The third-order valence-corrected chi connectivity index (χ3v) is 2.38. The Kier molecular flexibility index (Phi) is 2.22. The minimum atomic E-state index is -0.585. The van der Waals surface area contributed by atoms with E-state index in [0.29, 0.717) is 13.0 Å². The van der Waals surface area contributed by atoms with Crippen LogP contribution in [0.15, 0.2) is 12.1 Å². The van der Waals surface area contributed by atoms with Gasteiger partial charge in [-0.3, -0.25) is 0 Å². The maximum Gasteiger partial charge on any atom is 0.142 e. The molecule has 0 saturated carbocycles. The minimum Gasteiger partial charge on any atom is -0.373 e. The fourth-order valence-electron chi connectivity index (χ4n) is 1.17. The largest absolute Gasteiger partial charge is 0.373 e. The van der Waals surface area contributed by atoms with Crippen molar-refractivity contribution in [2.75, 3.05) is 6.61 Å². The first kappa shape index (κ1) is 8.91. The summed E-state index contributed by atoms with van der Waals surface area (Å²) >= 11 is 5.60. The molecule has 1 unspecified atom stereocenters. The van der Waals surface area contributed by atoms with Crippen LogP contribution >= 0.6 is 11.6 Å². The molecule has 1 nitrogen and oxygen atoms in total. The molecule has 0 aromatic heterocycles. The van der Waals surface area contributed by atoms with Gasteiger partial charge in [-0.25, -0.2) is 8.78 Å².